The van der Waals surface area contributed by atoms with Gasteiger partial charge in [0.05, 0.1) is 17.6 Å². The van der Waals surface area contributed by atoms with Crippen LogP contribution in [-0.2, 0) is 0 Å². The predicted molar refractivity (Wildman–Crippen MR) is 145 cm³/mol. The number of anilines is 1. The highest BCUT2D eigenvalue weighted by atomic mass is 32.5. The first kappa shape index (κ1) is 29.7. The van der Waals surface area contributed by atoms with Gasteiger partial charge in [-0.05, 0) is 61.6 Å². The molecule has 1 aliphatic carbocycles. The second kappa shape index (κ2) is 9.61. The summed E-state index contributed by atoms with van der Waals surface area (Å²) >= 11 is 0. The number of aryl methyl sites for hydroxylation is 1. The number of aromatic nitrogens is 2. The van der Waals surface area contributed by atoms with Crippen LogP contribution >= 0.6 is 10.2 Å². The molecule has 226 valence electrons. The Morgan fingerprint density at radius 2 is 1.76 bits per heavy atom. The van der Waals surface area contributed by atoms with Gasteiger partial charge >= 0.3 is 16.4 Å². The van der Waals surface area contributed by atoms with Gasteiger partial charge in [-0.3, -0.25) is 9.36 Å². The fourth-order valence-corrected chi connectivity index (χ4v) is 5.22. The molecule has 1 N–H and O–H groups in total. The van der Waals surface area contributed by atoms with Crippen LogP contribution < -0.4 is 10.1 Å². The van der Waals surface area contributed by atoms with Crippen molar-refractivity contribution in [2.75, 3.05) is 11.9 Å². The number of carbonyl (C=O) groups is 1. The minimum atomic E-state index is -10.00. The highest BCUT2D eigenvalue weighted by molar-refractivity contribution is 8.45. The standard InChI is InChI=1S/C28H25F8N3O2S/c1-17-11-19(7-8-23(17)26(40)12-18-5-6-18)39-16-38-27-24(37-10-9-28(29,30)31)14-21(15-25(27)39)41-20-3-2-4-22(13-20)42(32,33,34,35)36/h2-4,7-8,11,13-16,18,37H,5-6,9-10,12H2,1H3. The van der Waals surface area contributed by atoms with Crippen LogP contribution in [0.15, 0.2) is 65.8 Å². The number of ketones is 1. The van der Waals surface area contributed by atoms with Crippen LogP contribution in [0.1, 0.15) is 41.6 Å². The molecule has 1 aliphatic rings. The molecule has 3 aromatic carbocycles. The maximum atomic E-state index is 13.4. The Morgan fingerprint density at radius 3 is 2.40 bits per heavy atom. The molecule has 0 spiro atoms. The normalized spacial score (nSPS) is 15.7. The number of ether oxygens (including phenoxy) is 1. The van der Waals surface area contributed by atoms with Crippen molar-refractivity contribution in [2.45, 2.75) is 43.7 Å². The van der Waals surface area contributed by atoms with Crippen molar-refractivity contribution < 1.29 is 42.1 Å². The molecule has 1 aromatic heterocycles. The summed E-state index contributed by atoms with van der Waals surface area (Å²) in [6.07, 6.45) is -1.72. The maximum absolute atomic E-state index is 13.4. The SMILES string of the molecule is Cc1cc(-n2cnc3c(NCCC(F)(F)F)cc(Oc4cccc(S(F)(F)(F)(F)F)c4)cc32)ccc1C(=O)CC1CC1. The van der Waals surface area contributed by atoms with Crippen LogP contribution in [0.25, 0.3) is 16.7 Å². The molecule has 0 radical (unpaired) electrons. The van der Waals surface area contributed by atoms with Gasteiger partial charge in [0.1, 0.15) is 28.2 Å². The second-order valence-electron chi connectivity index (χ2n) is 10.4. The Balaban J connectivity index is 1.53. The van der Waals surface area contributed by atoms with Crippen molar-refractivity contribution in [3.63, 3.8) is 0 Å². The zero-order valence-corrected chi connectivity index (χ0v) is 22.8. The summed E-state index contributed by atoms with van der Waals surface area (Å²) in [4.78, 5) is 14.8. The van der Waals surface area contributed by atoms with Gasteiger partial charge in [0.2, 0.25) is 0 Å². The van der Waals surface area contributed by atoms with Crippen molar-refractivity contribution in [3.8, 4) is 17.2 Å². The maximum Gasteiger partial charge on any atom is 0.390 e. The molecule has 0 bridgehead atoms. The first-order chi connectivity index (χ1) is 19.4. The fraction of sp³-hybridized carbons (Fsp3) is 0.286. The van der Waals surface area contributed by atoms with E-state index >= 15 is 0 Å². The molecule has 0 amide bonds. The zero-order valence-electron chi connectivity index (χ0n) is 22.0. The number of benzene rings is 3. The topological polar surface area (TPSA) is 56.1 Å². The number of imidazole rings is 1. The zero-order chi connectivity index (χ0) is 30.6. The Bertz CT molecular complexity index is 1680. The van der Waals surface area contributed by atoms with Crippen LogP contribution in [0.2, 0.25) is 0 Å². The number of hydrogen-bond acceptors (Lipinski definition) is 4. The number of nitrogens with one attached hydrogen (secondary N) is 1. The van der Waals surface area contributed by atoms with E-state index in [4.69, 9.17) is 4.74 Å². The minimum Gasteiger partial charge on any atom is -0.457 e. The van der Waals surface area contributed by atoms with Crippen molar-refractivity contribution in [3.05, 3.63) is 72.1 Å². The molecule has 0 saturated heterocycles. The molecule has 1 saturated carbocycles. The molecule has 1 fully saturated rings. The average molecular weight is 620 g/mol. The summed E-state index contributed by atoms with van der Waals surface area (Å²) in [7, 11) is -10.00. The van der Waals surface area contributed by atoms with Crippen molar-refractivity contribution in [1.29, 1.82) is 0 Å². The molecule has 0 atom stereocenters. The van der Waals surface area contributed by atoms with Crippen molar-refractivity contribution >= 4 is 32.7 Å². The van der Waals surface area contributed by atoms with Crippen molar-refractivity contribution in [1.82, 2.24) is 9.55 Å². The summed E-state index contributed by atoms with van der Waals surface area (Å²) in [5, 5.41) is 2.63. The third-order valence-electron chi connectivity index (χ3n) is 6.80. The van der Waals surface area contributed by atoms with Gasteiger partial charge in [-0.15, -0.1) is 0 Å². The van der Waals surface area contributed by atoms with E-state index in [1.54, 1.807) is 29.7 Å². The number of rotatable bonds is 10. The van der Waals surface area contributed by atoms with Gasteiger partial charge in [-0.1, -0.05) is 25.5 Å². The summed E-state index contributed by atoms with van der Waals surface area (Å²) < 4.78 is 112. The largest absolute Gasteiger partial charge is 0.457 e. The van der Waals surface area contributed by atoms with Crippen LogP contribution in [0, 0.1) is 12.8 Å². The molecule has 42 heavy (non-hydrogen) atoms. The lowest BCUT2D eigenvalue weighted by atomic mass is 10.0. The second-order valence-corrected chi connectivity index (χ2v) is 12.8. The summed E-state index contributed by atoms with van der Waals surface area (Å²) in [5.74, 6) is -0.258. The molecule has 1 heterocycles. The average Bonchev–Trinajstić information content (AvgIpc) is 3.57. The van der Waals surface area contributed by atoms with E-state index in [9.17, 15) is 37.4 Å². The fourth-order valence-electron chi connectivity index (χ4n) is 4.55. The Kier molecular flexibility index (Phi) is 6.79. The first-order valence-corrected chi connectivity index (χ1v) is 14.8. The van der Waals surface area contributed by atoms with E-state index in [1.807, 2.05) is 0 Å². The van der Waals surface area contributed by atoms with Crippen LogP contribution in [0.3, 0.4) is 0 Å². The third-order valence-corrected chi connectivity index (χ3v) is 7.94. The van der Waals surface area contributed by atoms with Gasteiger partial charge in [-0.2, -0.15) is 13.2 Å². The smallest absolute Gasteiger partial charge is 0.390 e. The summed E-state index contributed by atoms with van der Waals surface area (Å²) in [6.45, 7) is 1.23. The van der Waals surface area contributed by atoms with Gasteiger partial charge in [0, 0.05) is 42.4 Å². The van der Waals surface area contributed by atoms with Crippen LogP contribution in [-0.4, -0.2) is 28.1 Å². The Morgan fingerprint density at radius 1 is 1.02 bits per heavy atom. The lowest BCUT2D eigenvalue weighted by Crippen LogP contribution is -2.14. The lowest BCUT2D eigenvalue weighted by molar-refractivity contribution is -0.131. The van der Waals surface area contributed by atoms with Gasteiger partial charge in [0.15, 0.2) is 5.78 Å². The van der Waals surface area contributed by atoms with Gasteiger partial charge in [0.25, 0.3) is 0 Å². The number of halogens is 8. The van der Waals surface area contributed by atoms with Gasteiger partial charge < -0.3 is 10.1 Å². The van der Waals surface area contributed by atoms with E-state index < -0.39 is 40.0 Å². The van der Waals surface area contributed by atoms with Crippen LogP contribution in [0.5, 0.6) is 11.5 Å². The van der Waals surface area contributed by atoms with E-state index in [-0.39, 0.29) is 34.9 Å². The Hall–Kier alpha value is -3.81. The highest BCUT2D eigenvalue weighted by Crippen LogP contribution is 3.02. The molecule has 0 aliphatic heterocycles. The molecule has 5 rings (SSSR count). The highest BCUT2D eigenvalue weighted by Gasteiger charge is 2.65. The number of hydrogen-bond donors (Lipinski definition) is 1. The third kappa shape index (κ3) is 6.97. The number of carbonyl (C=O) groups excluding carboxylic acids is 1. The Labute approximate surface area is 235 Å². The van der Waals surface area contributed by atoms with E-state index in [1.165, 1.54) is 18.5 Å². The summed E-state index contributed by atoms with van der Waals surface area (Å²) in [6, 6.07) is 9.92. The van der Waals surface area contributed by atoms with Gasteiger partial charge in [-0.25, -0.2) is 4.98 Å². The number of nitrogens with zero attached hydrogens (tertiary/aromatic N) is 2. The molecule has 14 heteroatoms. The molecule has 0 unspecified atom stereocenters. The molecular formula is C28H25F8N3O2S. The first-order valence-electron chi connectivity index (χ1n) is 12.8. The number of Topliss-reactive ketones (excluding diaryl/α,β-unsaturated/α-hetero) is 1. The van der Waals surface area contributed by atoms with Crippen molar-refractivity contribution in [2.24, 2.45) is 5.92 Å². The molecule has 4 aromatic rings. The number of fused-ring (bicyclic) bond motifs is 1. The van der Waals surface area contributed by atoms with E-state index in [0.717, 1.165) is 25.0 Å². The predicted octanol–water partition coefficient (Wildman–Crippen LogP) is 10.1. The molecular weight excluding hydrogens is 594 g/mol. The molecule has 5 nitrogen and oxygen atoms in total. The van der Waals surface area contributed by atoms with Crippen LogP contribution in [0.4, 0.5) is 38.3 Å². The van der Waals surface area contributed by atoms with E-state index in [0.29, 0.717) is 34.7 Å². The monoisotopic (exact) mass is 619 g/mol. The number of alkyl halides is 3. The lowest BCUT2D eigenvalue weighted by Gasteiger charge is -2.40. The minimum absolute atomic E-state index is 0.0256. The summed E-state index contributed by atoms with van der Waals surface area (Å²) in [5.41, 5.74) is 2.45. The quantitative estimate of drug-likeness (QED) is 0.142. The van der Waals surface area contributed by atoms with E-state index in [2.05, 4.69) is 10.3 Å².